The van der Waals surface area contributed by atoms with Gasteiger partial charge in [0.2, 0.25) is 0 Å². The lowest BCUT2D eigenvalue weighted by atomic mass is 9.98. The fraction of sp³-hybridized carbons (Fsp3) is 0.417. The van der Waals surface area contributed by atoms with Crippen molar-refractivity contribution < 1.29 is 13.9 Å². The molecule has 7 heteroatoms. The highest BCUT2D eigenvalue weighted by Crippen LogP contribution is 2.29. The number of hydrogen-bond acceptors (Lipinski definition) is 5. The molecule has 0 N–H and O–H groups in total. The second-order valence-corrected chi connectivity index (χ2v) is 9.44. The van der Waals surface area contributed by atoms with Crippen LogP contribution in [0.25, 0.3) is 10.1 Å². The van der Waals surface area contributed by atoms with Gasteiger partial charge in [-0.1, -0.05) is 0 Å². The summed E-state index contributed by atoms with van der Waals surface area (Å²) in [7, 11) is 0. The van der Waals surface area contributed by atoms with Crippen molar-refractivity contribution in [3.63, 3.8) is 0 Å². The number of carbonyl (C=O) groups is 1. The molecule has 0 radical (unpaired) electrons. The van der Waals surface area contributed by atoms with Gasteiger partial charge >= 0.3 is 0 Å². The molecule has 0 spiro atoms. The molecule has 3 aromatic rings. The molecule has 2 aliphatic heterocycles. The van der Waals surface area contributed by atoms with Gasteiger partial charge in [-0.25, -0.2) is 4.39 Å². The smallest absolute Gasteiger partial charge is 0.263 e. The standard InChI is InChI=1S/C24H26FN3O2S/c25-18-1-2-22-17(15-18)16-23(31-22)24(29)28-11-5-19(6-12-28)27-13-7-21(8-14-27)30-20-3-9-26-10-4-20/h1-4,9-10,15-16,19,21H,5-8,11-14H2. The Morgan fingerprint density at radius 3 is 2.48 bits per heavy atom. The molecule has 1 aromatic carbocycles. The third-order valence-corrected chi connectivity index (χ3v) is 7.49. The van der Waals surface area contributed by atoms with E-state index in [0.29, 0.717) is 10.9 Å². The molecule has 5 rings (SSSR count). The molecular weight excluding hydrogens is 413 g/mol. The number of likely N-dealkylation sites (tertiary alicyclic amines) is 2. The molecule has 0 atom stereocenters. The van der Waals surface area contributed by atoms with Gasteiger partial charge in [-0.05, 0) is 67.5 Å². The second-order valence-electron chi connectivity index (χ2n) is 8.35. The lowest BCUT2D eigenvalue weighted by molar-refractivity contribution is 0.0427. The molecule has 2 fully saturated rings. The molecule has 1 amide bonds. The molecule has 2 saturated heterocycles. The summed E-state index contributed by atoms with van der Waals surface area (Å²) in [5.41, 5.74) is 0. The molecule has 5 nitrogen and oxygen atoms in total. The van der Waals surface area contributed by atoms with Gasteiger partial charge in [-0.2, -0.15) is 0 Å². The normalized spacial score (nSPS) is 19.1. The van der Waals surface area contributed by atoms with E-state index in [1.807, 2.05) is 23.1 Å². The Labute approximate surface area is 185 Å². The zero-order chi connectivity index (χ0) is 21.2. The first-order valence-corrected chi connectivity index (χ1v) is 11.8. The van der Waals surface area contributed by atoms with Crippen molar-refractivity contribution >= 4 is 27.3 Å². The van der Waals surface area contributed by atoms with Gasteiger partial charge in [-0.3, -0.25) is 14.7 Å². The average Bonchev–Trinajstić information content (AvgIpc) is 3.23. The minimum atomic E-state index is -0.264. The maximum absolute atomic E-state index is 13.4. The van der Waals surface area contributed by atoms with E-state index in [-0.39, 0.29) is 17.8 Å². The third-order valence-electron chi connectivity index (χ3n) is 6.39. The van der Waals surface area contributed by atoms with Crippen LogP contribution in [-0.4, -0.2) is 59.0 Å². The van der Waals surface area contributed by atoms with Crippen molar-refractivity contribution in [2.45, 2.75) is 37.8 Å². The maximum atomic E-state index is 13.4. The van der Waals surface area contributed by atoms with E-state index in [1.54, 1.807) is 18.5 Å². The first-order valence-electron chi connectivity index (χ1n) is 10.9. The lowest BCUT2D eigenvalue weighted by Crippen LogP contribution is -2.50. The summed E-state index contributed by atoms with van der Waals surface area (Å²) in [6, 6.07) is 10.9. The third kappa shape index (κ3) is 4.57. The summed E-state index contributed by atoms with van der Waals surface area (Å²) in [6.45, 7) is 3.63. The number of aromatic nitrogens is 1. The highest BCUT2D eigenvalue weighted by Gasteiger charge is 2.31. The quantitative estimate of drug-likeness (QED) is 0.597. The molecule has 0 aliphatic carbocycles. The van der Waals surface area contributed by atoms with Gasteiger partial charge in [0.1, 0.15) is 17.7 Å². The molecule has 2 aromatic heterocycles. The first-order chi connectivity index (χ1) is 15.2. The molecular formula is C24H26FN3O2S. The molecule has 0 unspecified atom stereocenters. The van der Waals surface area contributed by atoms with Gasteiger partial charge < -0.3 is 9.64 Å². The number of nitrogens with zero attached hydrogens (tertiary/aromatic N) is 3. The summed E-state index contributed by atoms with van der Waals surface area (Å²) < 4.78 is 20.5. The zero-order valence-corrected chi connectivity index (χ0v) is 18.2. The number of ether oxygens (including phenoxy) is 1. The van der Waals surface area contributed by atoms with E-state index in [1.165, 1.54) is 23.5 Å². The Bertz CT molecular complexity index is 1040. The van der Waals surface area contributed by atoms with E-state index in [9.17, 15) is 9.18 Å². The summed E-state index contributed by atoms with van der Waals surface area (Å²) in [5.74, 6) is 0.703. The van der Waals surface area contributed by atoms with E-state index in [2.05, 4.69) is 9.88 Å². The van der Waals surface area contributed by atoms with Crippen molar-refractivity contribution in [1.82, 2.24) is 14.8 Å². The number of rotatable bonds is 4. The zero-order valence-electron chi connectivity index (χ0n) is 17.4. The molecule has 2 aliphatic rings. The lowest BCUT2D eigenvalue weighted by Gasteiger charge is -2.41. The first kappa shape index (κ1) is 20.4. The van der Waals surface area contributed by atoms with Crippen LogP contribution in [0, 0.1) is 5.82 Å². The summed E-state index contributed by atoms with van der Waals surface area (Å²) in [4.78, 5) is 22.2. The van der Waals surface area contributed by atoms with Crippen LogP contribution >= 0.6 is 11.3 Å². The number of fused-ring (bicyclic) bond motifs is 1. The van der Waals surface area contributed by atoms with Crippen molar-refractivity contribution in [2.75, 3.05) is 26.2 Å². The van der Waals surface area contributed by atoms with Gasteiger partial charge in [-0.15, -0.1) is 11.3 Å². The highest BCUT2D eigenvalue weighted by molar-refractivity contribution is 7.20. The van der Waals surface area contributed by atoms with Crippen LogP contribution in [-0.2, 0) is 0 Å². The predicted molar refractivity (Wildman–Crippen MR) is 120 cm³/mol. The van der Waals surface area contributed by atoms with Crippen LogP contribution in [0.5, 0.6) is 5.75 Å². The largest absolute Gasteiger partial charge is 0.490 e. The number of carbonyl (C=O) groups excluding carboxylic acids is 1. The van der Waals surface area contributed by atoms with Crippen LogP contribution in [0.1, 0.15) is 35.4 Å². The van der Waals surface area contributed by atoms with Gasteiger partial charge in [0.25, 0.3) is 5.91 Å². The topological polar surface area (TPSA) is 45.7 Å². The minimum Gasteiger partial charge on any atom is -0.490 e. The second kappa shape index (κ2) is 8.93. The van der Waals surface area contributed by atoms with E-state index < -0.39 is 0 Å². The molecule has 4 heterocycles. The number of pyridine rings is 1. The van der Waals surface area contributed by atoms with Crippen LogP contribution in [0.4, 0.5) is 4.39 Å². The SMILES string of the molecule is O=C(c1cc2cc(F)ccc2s1)N1CCC(N2CCC(Oc3ccncc3)CC2)CC1. The van der Waals surface area contributed by atoms with Crippen molar-refractivity contribution in [3.8, 4) is 5.75 Å². The highest BCUT2D eigenvalue weighted by atomic mass is 32.1. The molecule has 31 heavy (non-hydrogen) atoms. The van der Waals surface area contributed by atoms with Crippen LogP contribution in [0.3, 0.4) is 0 Å². The van der Waals surface area contributed by atoms with Gasteiger partial charge in [0, 0.05) is 49.3 Å². The van der Waals surface area contributed by atoms with E-state index >= 15 is 0 Å². The Morgan fingerprint density at radius 1 is 1.00 bits per heavy atom. The van der Waals surface area contributed by atoms with Crippen molar-refractivity contribution in [2.24, 2.45) is 0 Å². The van der Waals surface area contributed by atoms with Gasteiger partial charge in [0.05, 0.1) is 4.88 Å². The predicted octanol–water partition coefficient (Wildman–Crippen LogP) is 4.58. The Kier molecular flexibility index (Phi) is 5.87. The Balaban J connectivity index is 1.12. The fourth-order valence-corrected chi connectivity index (χ4v) is 5.69. The minimum absolute atomic E-state index is 0.0736. The molecule has 0 bridgehead atoms. The van der Waals surface area contributed by atoms with Crippen LogP contribution in [0.15, 0.2) is 48.8 Å². The number of thiophene rings is 1. The summed E-state index contributed by atoms with van der Waals surface area (Å²) >= 11 is 1.45. The number of halogens is 1. The van der Waals surface area contributed by atoms with E-state index in [4.69, 9.17) is 4.74 Å². The van der Waals surface area contributed by atoms with E-state index in [0.717, 1.165) is 67.7 Å². The van der Waals surface area contributed by atoms with Crippen LogP contribution < -0.4 is 4.74 Å². The Morgan fingerprint density at radius 2 is 1.74 bits per heavy atom. The number of amides is 1. The van der Waals surface area contributed by atoms with Crippen LogP contribution in [0.2, 0.25) is 0 Å². The number of piperidine rings is 2. The Hall–Kier alpha value is -2.51. The van der Waals surface area contributed by atoms with Crippen molar-refractivity contribution in [1.29, 1.82) is 0 Å². The maximum Gasteiger partial charge on any atom is 0.263 e. The monoisotopic (exact) mass is 439 g/mol. The number of hydrogen-bond donors (Lipinski definition) is 0. The molecule has 162 valence electrons. The number of benzene rings is 1. The summed E-state index contributed by atoms with van der Waals surface area (Å²) in [6.07, 6.45) is 7.84. The van der Waals surface area contributed by atoms with Crippen molar-refractivity contribution in [3.05, 3.63) is 59.5 Å². The average molecular weight is 440 g/mol. The summed E-state index contributed by atoms with van der Waals surface area (Å²) in [5, 5.41) is 0.806. The fourth-order valence-electron chi connectivity index (χ4n) is 4.68. The molecule has 0 saturated carbocycles. The van der Waals surface area contributed by atoms with Gasteiger partial charge in [0.15, 0.2) is 0 Å².